The number of rotatable bonds is 4. The summed E-state index contributed by atoms with van der Waals surface area (Å²) in [5.74, 6) is 0.107. The first kappa shape index (κ1) is 12.8. The van der Waals surface area contributed by atoms with Gasteiger partial charge in [0.15, 0.2) is 5.76 Å². The Morgan fingerprint density at radius 3 is 2.56 bits per heavy atom. The number of aryl methyl sites for hydroxylation is 1. The van der Waals surface area contributed by atoms with Crippen LogP contribution < -0.4 is 0 Å². The van der Waals surface area contributed by atoms with Crippen LogP contribution in [-0.4, -0.2) is 22.0 Å². The highest BCUT2D eigenvalue weighted by atomic mass is 16.5. The lowest BCUT2D eigenvalue weighted by Gasteiger charge is -2.12. The molecule has 0 spiro atoms. The minimum atomic E-state index is -0.832. The molecule has 1 aromatic heterocycles. The van der Waals surface area contributed by atoms with Crippen LogP contribution in [0.4, 0.5) is 0 Å². The molecule has 0 aliphatic carbocycles. The molecular weight excluding hydrogens is 230 g/mol. The molecule has 4 heteroatoms. The quantitative estimate of drug-likeness (QED) is 0.870. The molecule has 0 aliphatic heterocycles. The minimum absolute atomic E-state index is 0.0955. The molecule has 0 amide bonds. The van der Waals surface area contributed by atoms with Crippen LogP contribution >= 0.6 is 0 Å². The van der Waals surface area contributed by atoms with Crippen LogP contribution in [0.2, 0.25) is 0 Å². The SMILES string of the molecule is Cc1ccc(-c2cc(C(O)C(C)CO)on2)cc1. The van der Waals surface area contributed by atoms with Gasteiger partial charge in [-0.1, -0.05) is 41.9 Å². The van der Waals surface area contributed by atoms with Gasteiger partial charge in [0.25, 0.3) is 0 Å². The lowest BCUT2D eigenvalue weighted by molar-refractivity contribution is 0.0550. The molecule has 0 fully saturated rings. The van der Waals surface area contributed by atoms with Gasteiger partial charge in [0.05, 0.1) is 0 Å². The van der Waals surface area contributed by atoms with Crippen molar-refractivity contribution < 1.29 is 14.7 Å². The van der Waals surface area contributed by atoms with Gasteiger partial charge < -0.3 is 14.7 Å². The zero-order valence-electron chi connectivity index (χ0n) is 10.5. The van der Waals surface area contributed by atoms with Crippen molar-refractivity contribution in [2.45, 2.75) is 20.0 Å². The monoisotopic (exact) mass is 247 g/mol. The highest BCUT2D eigenvalue weighted by molar-refractivity contribution is 5.59. The Morgan fingerprint density at radius 2 is 1.94 bits per heavy atom. The van der Waals surface area contributed by atoms with Gasteiger partial charge in [-0.05, 0) is 6.92 Å². The first-order valence-corrected chi connectivity index (χ1v) is 5.94. The third-order valence-corrected chi connectivity index (χ3v) is 2.99. The normalized spacial score (nSPS) is 14.4. The molecule has 0 radical (unpaired) electrons. The molecule has 2 unspecified atom stereocenters. The zero-order valence-corrected chi connectivity index (χ0v) is 10.5. The smallest absolute Gasteiger partial charge is 0.166 e. The number of aliphatic hydroxyl groups excluding tert-OH is 2. The maximum Gasteiger partial charge on any atom is 0.166 e. The highest BCUT2D eigenvalue weighted by Gasteiger charge is 2.20. The summed E-state index contributed by atoms with van der Waals surface area (Å²) < 4.78 is 5.12. The van der Waals surface area contributed by atoms with Gasteiger partial charge in [0.1, 0.15) is 11.8 Å². The fourth-order valence-corrected chi connectivity index (χ4v) is 1.67. The zero-order chi connectivity index (χ0) is 13.1. The summed E-state index contributed by atoms with van der Waals surface area (Å²) >= 11 is 0. The van der Waals surface area contributed by atoms with Crippen molar-refractivity contribution >= 4 is 0 Å². The van der Waals surface area contributed by atoms with E-state index >= 15 is 0 Å². The van der Waals surface area contributed by atoms with Crippen LogP contribution in [0.3, 0.4) is 0 Å². The van der Waals surface area contributed by atoms with Crippen molar-refractivity contribution in [1.29, 1.82) is 0 Å². The van der Waals surface area contributed by atoms with E-state index in [0.717, 1.165) is 5.56 Å². The molecule has 0 aliphatic rings. The molecule has 0 saturated carbocycles. The molecule has 18 heavy (non-hydrogen) atoms. The van der Waals surface area contributed by atoms with E-state index in [1.54, 1.807) is 13.0 Å². The molecule has 1 aromatic carbocycles. The summed E-state index contributed by atoms with van der Waals surface area (Å²) in [7, 11) is 0. The molecular formula is C14H17NO3. The van der Waals surface area contributed by atoms with Gasteiger partial charge in [-0.15, -0.1) is 0 Å². The predicted octanol–water partition coefficient (Wildman–Crippen LogP) is 2.31. The number of hydrogen-bond donors (Lipinski definition) is 2. The molecule has 96 valence electrons. The van der Waals surface area contributed by atoms with E-state index < -0.39 is 6.10 Å². The number of nitrogens with zero attached hydrogens (tertiary/aromatic N) is 1. The van der Waals surface area contributed by atoms with E-state index in [1.165, 1.54) is 5.56 Å². The Morgan fingerprint density at radius 1 is 1.28 bits per heavy atom. The third kappa shape index (κ3) is 2.60. The van der Waals surface area contributed by atoms with Crippen LogP contribution in [0.25, 0.3) is 11.3 Å². The predicted molar refractivity (Wildman–Crippen MR) is 67.9 cm³/mol. The Kier molecular flexibility index (Phi) is 3.79. The largest absolute Gasteiger partial charge is 0.396 e. The van der Waals surface area contributed by atoms with E-state index in [2.05, 4.69) is 5.16 Å². The molecule has 2 rings (SSSR count). The van der Waals surface area contributed by atoms with Crippen LogP contribution in [0.1, 0.15) is 24.4 Å². The maximum absolute atomic E-state index is 9.90. The third-order valence-electron chi connectivity index (χ3n) is 2.99. The molecule has 0 bridgehead atoms. The van der Waals surface area contributed by atoms with Gasteiger partial charge in [0.2, 0.25) is 0 Å². The molecule has 4 nitrogen and oxygen atoms in total. The summed E-state index contributed by atoms with van der Waals surface area (Å²) in [5.41, 5.74) is 2.81. The Hall–Kier alpha value is -1.65. The molecule has 2 N–H and O–H groups in total. The summed E-state index contributed by atoms with van der Waals surface area (Å²) in [6.07, 6.45) is -0.832. The van der Waals surface area contributed by atoms with Crippen molar-refractivity contribution in [1.82, 2.24) is 5.16 Å². The first-order chi connectivity index (χ1) is 8.61. The average Bonchev–Trinajstić information content (AvgIpc) is 2.87. The second-order valence-corrected chi connectivity index (χ2v) is 4.59. The lowest BCUT2D eigenvalue weighted by atomic mass is 10.0. The van der Waals surface area contributed by atoms with E-state index in [0.29, 0.717) is 11.5 Å². The Labute approximate surface area is 106 Å². The molecule has 0 saturated heterocycles. The number of benzene rings is 1. The van der Waals surface area contributed by atoms with Crippen LogP contribution in [-0.2, 0) is 0 Å². The van der Waals surface area contributed by atoms with Crippen molar-refractivity contribution in [3.05, 3.63) is 41.7 Å². The number of aromatic nitrogens is 1. The molecule has 2 atom stereocenters. The minimum Gasteiger partial charge on any atom is -0.396 e. The van der Waals surface area contributed by atoms with E-state index in [-0.39, 0.29) is 12.5 Å². The van der Waals surface area contributed by atoms with Crippen LogP contribution in [0.15, 0.2) is 34.9 Å². The topological polar surface area (TPSA) is 66.5 Å². The second kappa shape index (κ2) is 5.33. The van der Waals surface area contributed by atoms with E-state index in [4.69, 9.17) is 9.63 Å². The van der Waals surface area contributed by atoms with Crippen molar-refractivity contribution in [2.24, 2.45) is 5.92 Å². The first-order valence-electron chi connectivity index (χ1n) is 5.94. The van der Waals surface area contributed by atoms with Gasteiger partial charge >= 0.3 is 0 Å². The summed E-state index contributed by atoms with van der Waals surface area (Å²) in [4.78, 5) is 0. The summed E-state index contributed by atoms with van der Waals surface area (Å²) in [5, 5.41) is 22.8. The summed E-state index contributed by atoms with van der Waals surface area (Å²) in [6.45, 7) is 3.67. The maximum atomic E-state index is 9.90. The molecule has 1 heterocycles. The fraction of sp³-hybridized carbons (Fsp3) is 0.357. The molecule has 2 aromatic rings. The lowest BCUT2D eigenvalue weighted by Crippen LogP contribution is -2.12. The van der Waals surface area contributed by atoms with Gasteiger partial charge in [0, 0.05) is 24.2 Å². The highest BCUT2D eigenvalue weighted by Crippen LogP contribution is 2.26. The fourth-order valence-electron chi connectivity index (χ4n) is 1.67. The standard InChI is InChI=1S/C14H17NO3/c1-9-3-5-11(6-4-9)12-7-13(18-15-12)14(17)10(2)8-16/h3-7,10,14,16-17H,8H2,1-2H3. The van der Waals surface area contributed by atoms with Crippen molar-refractivity contribution in [2.75, 3.05) is 6.61 Å². The Bertz CT molecular complexity index is 504. The average molecular weight is 247 g/mol. The van der Waals surface area contributed by atoms with Crippen LogP contribution in [0.5, 0.6) is 0 Å². The van der Waals surface area contributed by atoms with Gasteiger partial charge in [-0.3, -0.25) is 0 Å². The Balaban J connectivity index is 2.22. The summed E-state index contributed by atoms with van der Waals surface area (Å²) in [6, 6.07) is 9.62. The van der Waals surface area contributed by atoms with Crippen LogP contribution in [0, 0.1) is 12.8 Å². The second-order valence-electron chi connectivity index (χ2n) is 4.59. The van der Waals surface area contributed by atoms with E-state index in [1.807, 2.05) is 31.2 Å². The van der Waals surface area contributed by atoms with Gasteiger partial charge in [-0.25, -0.2) is 0 Å². The van der Waals surface area contributed by atoms with Crippen molar-refractivity contribution in [3.63, 3.8) is 0 Å². The van der Waals surface area contributed by atoms with Gasteiger partial charge in [-0.2, -0.15) is 0 Å². The van der Waals surface area contributed by atoms with E-state index in [9.17, 15) is 5.11 Å². The van der Waals surface area contributed by atoms with Crippen molar-refractivity contribution in [3.8, 4) is 11.3 Å². The number of aliphatic hydroxyl groups is 2. The number of hydrogen-bond acceptors (Lipinski definition) is 4.